The summed E-state index contributed by atoms with van der Waals surface area (Å²) in [6.07, 6.45) is 0. The van der Waals surface area contributed by atoms with Crippen LogP contribution in [0.3, 0.4) is 0 Å². The molecule has 0 unspecified atom stereocenters. The molecule has 0 heterocycles. The van der Waals surface area contributed by atoms with Crippen molar-refractivity contribution in [2.45, 2.75) is 66.2 Å². The molecule has 2 aliphatic rings. The Balaban J connectivity index is 1.14. The van der Waals surface area contributed by atoms with Gasteiger partial charge < -0.3 is 9.80 Å². The van der Waals surface area contributed by atoms with Crippen molar-refractivity contribution in [3.63, 3.8) is 0 Å². The van der Waals surface area contributed by atoms with Gasteiger partial charge in [-0.2, -0.15) is 0 Å². The second-order valence-corrected chi connectivity index (χ2v) is 17.8. The smallest absolute Gasteiger partial charge is 0.0543 e. The number of benzene rings is 8. The topological polar surface area (TPSA) is 6.48 Å². The van der Waals surface area contributed by atoms with Gasteiger partial charge in [-0.05, 0) is 156 Å². The number of hydrogen-bond donors (Lipinski definition) is 0. The Labute approximate surface area is 344 Å². The molecule has 2 nitrogen and oxygen atoms in total. The van der Waals surface area contributed by atoms with Crippen LogP contribution in [0.5, 0.6) is 0 Å². The Kier molecular flexibility index (Phi) is 8.12. The van der Waals surface area contributed by atoms with Gasteiger partial charge in [-0.3, -0.25) is 0 Å². The minimum absolute atomic E-state index is 0.196. The van der Waals surface area contributed by atoms with Crippen LogP contribution in [-0.2, 0) is 10.8 Å². The van der Waals surface area contributed by atoms with Crippen LogP contribution >= 0.6 is 0 Å². The number of hydrogen-bond acceptors (Lipinski definition) is 2. The molecule has 284 valence electrons. The van der Waals surface area contributed by atoms with Crippen molar-refractivity contribution in [3.8, 4) is 22.3 Å². The molecule has 2 aliphatic carbocycles. The van der Waals surface area contributed by atoms with Crippen molar-refractivity contribution in [1.29, 1.82) is 0 Å². The first-order valence-electron chi connectivity index (χ1n) is 20.7. The lowest BCUT2D eigenvalue weighted by atomic mass is 9.79. The Morgan fingerprint density at radius 1 is 0.328 bits per heavy atom. The van der Waals surface area contributed by atoms with Gasteiger partial charge in [0, 0.05) is 44.7 Å². The van der Waals surface area contributed by atoms with E-state index in [0.29, 0.717) is 0 Å². The summed E-state index contributed by atoms with van der Waals surface area (Å²) in [7, 11) is 0. The van der Waals surface area contributed by atoms with Crippen molar-refractivity contribution in [2.24, 2.45) is 0 Å². The van der Waals surface area contributed by atoms with Gasteiger partial charge in [-0.25, -0.2) is 0 Å². The molecule has 8 aromatic carbocycles. The maximum absolute atomic E-state index is 2.56. The van der Waals surface area contributed by atoms with E-state index in [-0.39, 0.29) is 10.8 Å². The van der Waals surface area contributed by atoms with Crippen LogP contribution in [0.25, 0.3) is 33.0 Å². The average Bonchev–Trinajstić information content (AvgIpc) is 3.58. The molecule has 0 N–H and O–H groups in total. The molecule has 10 rings (SSSR count). The van der Waals surface area contributed by atoms with E-state index in [1.54, 1.807) is 0 Å². The fraction of sp³-hybridized carbons (Fsp3) is 0.179. The number of nitrogens with zero attached hydrogens (tertiary/aromatic N) is 2. The predicted octanol–water partition coefficient (Wildman–Crippen LogP) is 15.6. The van der Waals surface area contributed by atoms with E-state index in [2.05, 4.69) is 223 Å². The molecular formula is C56H50N2. The lowest BCUT2D eigenvalue weighted by molar-refractivity contribution is 0.652. The molecule has 0 aromatic heterocycles. The van der Waals surface area contributed by atoms with E-state index in [0.717, 1.165) is 22.7 Å². The average molecular weight is 751 g/mol. The van der Waals surface area contributed by atoms with Gasteiger partial charge in [0.15, 0.2) is 0 Å². The van der Waals surface area contributed by atoms with Gasteiger partial charge in [0.2, 0.25) is 0 Å². The fourth-order valence-corrected chi connectivity index (χ4v) is 9.75. The van der Waals surface area contributed by atoms with Gasteiger partial charge in [-0.15, -0.1) is 0 Å². The molecule has 2 heteroatoms. The first-order valence-corrected chi connectivity index (χ1v) is 20.7. The largest absolute Gasteiger partial charge is 0.310 e. The zero-order chi connectivity index (χ0) is 40.1. The zero-order valence-electron chi connectivity index (χ0n) is 34.9. The third kappa shape index (κ3) is 5.53. The van der Waals surface area contributed by atoms with Crippen molar-refractivity contribution in [3.05, 3.63) is 202 Å². The maximum Gasteiger partial charge on any atom is 0.0543 e. The van der Waals surface area contributed by atoms with E-state index in [1.807, 2.05) is 0 Å². The maximum atomic E-state index is 2.56. The Morgan fingerprint density at radius 3 is 1.24 bits per heavy atom. The van der Waals surface area contributed by atoms with Crippen LogP contribution in [0.1, 0.15) is 72.2 Å². The molecule has 0 saturated heterocycles. The highest BCUT2D eigenvalue weighted by molar-refractivity contribution is 6.10. The number of aryl methyl sites for hydroxylation is 4. The Hall–Kier alpha value is -6.38. The highest BCUT2D eigenvalue weighted by Crippen LogP contribution is 2.59. The minimum atomic E-state index is -0.217. The quantitative estimate of drug-likeness (QED) is 0.167. The molecule has 58 heavy (non-hydrogen) atoms. The van der Waals surface area contributed by atoms with Gasteiger partial charge >= 0.3 is 0 Å². The van der Waals surface area contributed by atoms with Gasteiger partial charge in [-0.1, -0.05) is 129 Å². The summed E-state index contributed by atoms with van der Waals surface area (Å²) in [5.74, 6) is 0. The number of rotatable bonds is 6. The Bertz CT molecular complexity index is 2800. The second kappa shape index (κ2) is 13.1. The van der Waals surface area contributed by atoms with Gasteiger partial charge in [0.05, 0.1) is 5.69 Å². The summed E-state index contributed by atoms with van der Waals surface area (Å²) in [4.78, 5) is 4.85. The molecule has 0 aliphatic heterocycles. The molecule has 8 aromatic rings. The van der Waals surface area contributed by atoms with Gasteiger partial charge in [0.25, 0.3) is 0 Å². The van der Waals surface area contributed by atoms with Crippen molar-refractivity contribution in [2.75, 3.05) is 9.80 Å². The van der Waals surface area contributed by atoms with E-state index in [1.165, 1.54) is 88.9 Å². The normalized spacial score (nSPS) is 14.1. The summed E-state index contributed by atoms with van der Waals surface area (Å²) in [5, 5.41) is 2.56. The van der Waals surface area contributed by atoms with E-state index in [9.17, 15) is 0 Å². The molecule has 0 saturated carbocycles. The van der Waals surface area contributed by atoms with Crippen molar-refractivity contribution >= 4 is 44.9 Å². The van der Waals surface area contributed by atoms with E-state index < -0.39 is 0 Å². The molecule has 0 radical (unpaired) electrons. The van der Waals surface area contributed by atoms with Crippen LogP contribution in [0.2, 0.25) is 0 Å². The summed E-state index contributed by atoms with van der Waals surface area (Å²) in [6, 6.07) is 59.5. The third-order valence-electron chi connectivity index (χ3n) is 13.1. The first kappa shape index (κ1) is 36.0. The number of fused-ring (bicyclic) bond motifs is 8. The highest BCUT2D eigenvalue weighted by atomic mass is 15.1. The summed E-state index contributed by atoms with van der Waals surface area (Å²) in [6.45, 7) is 18.3. The third-order valence-corrected chi connectivity index (χ3v) is 13.1. The van der Waals surface area contributed by atoms with Crippen LogP contribution in [0.4, 0.5) is 34.1 Å². The fourth-order valence-electron chi connectivity index (χ4n) is 9.75. The van der Waals surface area contributed by atoms with Gasteiger partial charge in [0.1, 0.15) is 0 Å². The molecule has 0 spiro atoms. The predicted molar refractivity (Wildman–Crippen MR) is 247 cm³/mol. The zero-order valence-corrected chi connectivity index (χ0v) is 34.9. The summed E-state index contributed by atoms with van der Waals surface area (Å²) < 4.78 is 0. The number of anilines is 6. The molecule has 0 fully saturated rings. The molecule has 0 bridgehead atoms. The van der Waals surface area contributed by atoms with Crippen LogP contribution in [0.15, 0.2) is 158 Å². The standard InChI is InChI=1S/C56H50N2/c1-35-13-21-39(22-14-35)57(40-23-15-36(2)16-24-40)43-29-30-44-47-32-51-48(33-50(47)55(5,6)49(44)31-43)54-46-12-10-9-11-45(46)53(34-52(54)56(51,7)8)58(41-25-17-37(3)18-26-41)42-27-19-38(4)20-28-42/h9-34H,1-8H3. The van der Waals surface area contributed by atoms with Crippen molar-refractivity contribution < 1.29 is 0 Å². The van der Waals surface area contributed by atoms with Crippen LogP contribution < -0.4 is 9.80 Å². The summed E-state index contributed by atoms with van der Waals surface area (Å²) >= 11 is 0. The van der Waals surface area contributed by atoms with Crippen LogP contribution in [0, 0.1) is 27.7 Å². The Morgan fingerprint density at radius 2 is 0.724 bits per heavy atom. The lowest BCUT2D eigenvalue weighted by Gasteiger charge is -2.30. The monoisotopic (exact) mass is 750 g/mol. The van der Waals surface area contributed by atoms with E-state index in [4.69, 9.17) is 0 Å². The second-order valence-electron chi connectivity index (χ2n) is 17.8. The SMILES string of the molecule is Cc1ccc(N(c2ccc(C)cc2)c2ccc3c(c2)C(C)(C)c2cc4c(cc2-3)C(C)(C)c2cc(N(c3ccc(C)cc3)c3ccc(C)cc3)c3ccccc3c2-4)cc1. The molecule has 0 atom stereocenters. The molecular weight excluding hydrogens is 701 g/mol. The molecule has 0 amide bonds. The van der Waals surface area contributed by atoms with E-state index >= 15 is 0 Å². The minimum Gasteiger partial charge on any atom is -0.310 e. The summed E-state index contributed by atoms with van der Waals surface area (Å²) in [5.41, 5.74) is 22.6. The highest BCUT2D eigenvalue weighted by Gasteiger charge is 2.43. The van der Waals surface area contributed by atoms with Crippen molar-refractivity contribution in [1.82, 2.24) is 0 Å². The first-order chi connectivity index (χ1) is 27.9. The van der Waals surface area contributed by atoms with Crippen LogP contribution in [-0.4, -0.2) is 0 Å². The lowest BCUT2D eigenvalue weighted by Crippen LogP contribution is -2.18.